The number of aliphatic hydroxyl groups excluding tert-OH is 2. The zero-order chi connectivity index (χ0) is 20.5. The molecule has 0 heterocycles. The van der Waals surface area contributed by atoms with Gasteiger partial charge in [0.2, 0.25) is 0 Å². The fourth-order valence-corrected chi connectivity index (χ4v) is 4.55. The molecule has 1 saturated carbocycles. The van der Waals surface area contributed by atoms with E-state index < -0.39 is 18.2 Å². The van der Waals surface area contributed by atoms with Gasteiger partial charge in [-0.05, 0) is 49.1 Å². The molecular weight excluding hydrogens is 376 g/mol. The van der Waals surface area contributed by atoms with Crippen molar-refractivity contribution < 1.29 is 20.1 Å². The van der Waals surface area contributed by atoms with Crippen molar-refractivity contribution in [3.63, 3.8) is 0 Å². The van der Waals surface area contributed by atoms with Crippen molar-refractivity contribution in [3.8, 4) is 0 Å². The first-order valence-electron chi connectivity index (χ1n) is 10.4. The van der Waals surface area contributed by atoms with Crippen LogP contribution in [0, 0.1) is 5.92 Å². The number of aliphatic carboxylic acids is 1. The molecule has 0 bridgehead atoms. The van der Waals surface area contributed by atoms with Crippen LogP contribution in [0.1, 0.15) is 81.4 Å². The predicted molar refractivity (Wildman–Crippen MR) is 113 cm³/mol. The molecule has 1 aliphatic carbocycles. The summed E-state index contributed by atoms with van der Waals surface area (Å²) in [4.78, 5) is 10.6. The summed E-state index contributed by atoms with van der Waals surface area (Å²) in [6.45, 7) is 2.11. The standard InChI is InChI=1S/C23H33ClO4/c1-2-3-12-20(25)16-9-8-10-17(14-16)23-18(19(24)15-21(23)26)11-6-4-5-7-13-22(27)28/h4,6,8-10,14,18-21,23,25-26H,2-3,5,7,11-13,15H2,1H3,(H,27,28)/t18-,19+,20?,21+,23+/m0/s1. The quantitative estimate of drug-likeness (QED) is 0.267. The van der Waals surface area contributed by atoms with Gasteiger partial charge in [0.15, 0.2) is 0 Å². The Morgan fingerprint density at radius 1 is 1.32 bits per heavy atom. The molecule has 1 aromatic rings. The van der Waals surface area contributed by atoms with Gasteiger partial charge in [-0.1, -0.05) is 56.2 Å². The SMILES string of the molecule is CCCCC(O)c1cccc([C@@H]2[C@@H](CC=CCCCC(=O)O)[C@H](Cl)C[C@H]2O)c1. The van der Waals surface area contributed by atoms with E-state index in [0.29, 0.717) is 12.8 Å². The molecule has 2 rings (SSSR count). The van der Waals surface area contributed by atoms with Crippen molar-refractivity contribution in [3.05, 3.63) is 47.5 Å². The second-order valence-electron chi connectivity index (χ2n) is 7.83. The minimum atomic E-state index is -0.769. The number of unbranched alkanes of at least 4 members (excludes halogenated alkanes) is 2. The Labute approximate surface area is 173 Å². The summed E-state index contributed by atoms with van der Waals surface area (Å²) in [5, 5.41) is 29.6. The lowest BCUT2D eigenvalue weighted by atomic mass is 9.84. The predicted octanol–water partition coefficient (Wildman–Crippen LogP) is 5.18. The summed E-state index contributed by atoms with van der Waals surface area (Å²) in [6.07, 6.45) is 8.75. The highest BCUT2D eigenvalue weighted by Crippen LogP contribution is 2.45. The highest BCUT2D eigenvalue weighted by molar-refractivity contribution is 6.21. The Kier molecular flexibility index (Phi) is 9.49. The molecule has 1 unspecified atom stereocenters. The van der Waals surface area contributed by atoms with Crippen molar-refractivity contribution in [2.24, 2.45) is 5.92 Å². The number of alkyl halides is 1. The molecule has 5 heteroatoms. The van der Waals surface area contributed by atoms with Gasteiger partial charge in [0.1, 0.15) is 0 Å². The van der Waals surface area contributed by atoms with Gasteiger partial charge < -0.3 is 15.3 Å². The molecule has 0 saturated heterocycles. The maximum absolute atomic E-state index is 10.6. The summed E-state index contributed by atoms with van der Waals surface area (Å²) in [7, 11) is 0. The number of allylic oxidation sites excluding steroid dienone is 2. The number of halogens is 1. The zero-order valence-electron chi connectivity index (χ0n) is 16.6. The molecule has 4 nitrogen and oxygen atoms in total. The molecule has 3 N–H and O–H groups in total. The van der Waals surface area contributed by atoms with Crippen LogP contribution in [0.15, 0.2) is 36.4 Å². The van der Waals surface area contributed by atoms with E-state index in [9.17, 15) is 15.0 Å². The Balaban J connectivity index is 2.05. The van der Waals surface area contributed by atoms with E-state index in [-0.39, 0.29) is 23.6 Å². The number of carboxylic acid groups (broad SMARTS) is 1. The third kappa shape index (κ3) is 6.61. The van der Waals surface area contributed by atoms with Gasteiger partial charge in [-0.3, -0.25) is 4.79 Å². The molecule has 0 spiro atoms. The van der Waals surface area contributed by atoms with E-state index >= 15 is 0 Å². The first-order valence-corrected chi connectivity index (χ1v) is 10.8. The number of rotatable bonds is 11. The van der Waals surface area contributed by atoms with Gasteiger partial charge in [0, 0.05) is 17.7 Å². The van der Waals surface area contributed by atoms with E-state index in [1.807, 2.05) is 30.3 Å². The number of hydrogen-bond donors (Lipinski definition) is 3. The number of benzene rings is 1. The smallest absolute Gasteiger partial charge is 0.303 e. The van der Waals surface area contributed by atoms with E-state index in [2.05, 4.69) is 13.0 Å². The fraction of sp³-hybridized carbons (Fsp3) is 0.609. The molecule has 5 atom stereocenters. The van der Waals surface area contributed by atoms with Gasteiger partial charge in [-0.15, -0.1) is 11.6 Å². The Hall–Kier alpha value is -1.36. The number of hydrogen-bond acceptors (Lipinski definition) is 3. The summed E-state index contributed by atoms with van der Waals surface area (Å²) in [5.41, 5.74) is 1.94. The maximum atomic E-state index is 10.6. The van der Waals surface area contributed by atoms with E-state index in [1.165, 1.54) is 0 Å². The van der Waals surface area contributed by atoms with Gasteiger partial charge >= 0.3 is 5.97 Å². The molecular formula is C23H33ClO4. The van der Waals surface area contributed by atoms with Crippen LogP contribution in [-0.4, -0.2) is 32.8 Å². The third-order valence-electron chi connectivity index (χ3n) is 5.65. The monoisotopic (exact) mass is 408 g/mol. The Bertz CT molecular complexity index is 645. The summed E-state index contributed by atoms with van der Waals surface area (Å²) in [6, 6.07) is 7.93. The highest BCUT2D eigenvalue weighted by Gasteiger charge is 2.41. The van der Waals surface area contributed by atoms with Gasteiger partial charge in [0.25, 0.3) is 0 Å². The van der Waals surface area contributed by atoms with Crippen LogP contribution in [0.25, 0.3) is 0 Å². The van der Waals surface area contributed by atoms with E-state index in [1.54, 1.807) is 0 Å². The normalized spacial score (nSPS) is 26.0. The lowest BCUT2D eigenvalue weighted by Gasteiger charge is -2.24. The zero-order valence-corrected chi connectivity index (χ0v) is 17.4. The van der Waals surface area contributed by atoms with Crippen LogP contribution in [0.3, 0.4) is 0 Å². The first-order chi connectivity index (χ1) is 13.4. The second-order valence-corrected chi connectivity index (χ2v) is 8.39. The van der Waals surface area contributed by atoms with Crippen molar-refractivity contribution in [1.29, 1.82) is 0 Å². The molecule has 0 aliphatic heterocycles. The summed E-state index contributed by atoms with van der Waals surface area (Å²) < 4.78 is 0. The Morgan fingerprint density at radius 3 is 2.82 bits per heavy atom. The van der Waals surface area contributed by atoms with Crippen molar-refractivity contribution in [2.45, 2.75) is 81.8 Å². The van der Waals surface area contributed by atoms with Crippen molar-refractivity contribution in [1.82, 2.24) is 0 Å². The number of carboxylic acids is 1. The topological polar surface area (TPSA) is 77.8 Å². The van der Waals surface area contributed by atoms with Crippen molar-refractivity contribution >= 4 is 17.6 Å². The third-order valence-corrected chi connectivity index (χ3v) is 6.16. The van der Waals surface area contributed by atoms with Crippen LogP contribution in [-0.2, 0) is 4.79 Å². The van der Waals surface area contributed by atoms with E-state index in [0.717, 1.165) is 43.2 Å². The van der Waals surface area contributed by atoms with Crippen LogP contribution >= 0.6 is 11.6 Å². The fourth-order valence-electron chi connectivity index (χ4n) is 4.11. The van der Waals surface area contributed by atoms with Crippen LogP contribution in [0.2, 0.25) is 0 Å². The summed E-state index contributed by atoms with van der Waals surface area (Å²) in [5.74, 6) is -0.700. The van der Waals surface area contributed by atoms with Gasteiger partial charge in [0.05, 0.1) is 12.2 Å². The molecule has 0 amide bonds. The van der Waals surface area contributed by atoms with Gasteiger partial charge in [-0.2, -0.15) is 0 Å². The van der Waals surface area contributed by atoms with E-state index in [4.69, 9.17) is 16.7 Å². The molecule has 1 aromatic carbocycles. The highest BCUT2D eigenvalue weighted by atomic mass is 35.5. The van der Waals surface area contributed by atoms with Crippen molar-refractivity contribution in [2.75, 3.05) is 0 Å². The lowest BCUT2D eigenvalue weighted by Crippen LogP contribution is -2.18. The minimum absolute atomic E-state index is 0.0514. The largest absolute Gasteiger partial charge is 0.481 e. The maximum Gasteiger partial charge on any atom is 0.303 e. The average Bonchev–Trinajstić information content (AvgIpc) is 2.95. The average molecular weight is 409 g/mol. The number of carbonyl (C=O) groups is 1. The minimum Gasteiger partial charge on any atom is -0.481 e. The second kappa shape index (κ2) is 11.6. The molecule has 0 radical (unpaired) electrons. The first kappa shape index (κ1) is 22.9. The molecule has 1 aliphatic rings. The van der Waals surface area contributed by atoms with Crippen LogP contribution in [0.4, 0.5) is 0 Å². The lowest BCUT2D eigenvalue weighted by molar-refractivity contribution is -0.137. The van der Waals surface area contributed by atoms with Gasteiger partial charge in [-0.25, -0.2) is 0 Å². The van der Waals surface area contributed by atoms with Crippen LogP contribution < -0.4 is 0 Å². The Morgan fingerprint density at radius 2 is 2.11 bits per heavy atom. The van der Waals surface area contributed by atoms with Crippen LogP contribution in [0.5, 0.6) is 0 Å². The number of aliphatic hydroxyl groups is 2. The molecule has 28 heavy (non-hydrogen) atoms. The molecule has 0 aromatic heterocycles. The molecule has 1 fully saturated rings. The summed E-state index contributed by atoms with van der Waals surface area (Å²) >= 11 is 6.55. The molecule has 156 valence electrons.